The van der Waals surface area contributed by atoms with E-state index < -0.39 is 0 Å². The first kappa shape index (κ1) is 18.0. The zero-order valence-electron chi connectivity index (χ0n) is 14.1. The molecule has 2 unspecified atom stereocenters. The summed E-state index contributed by atoms with van der Waals surface area (Å²) in [5, 5.41) is 10.7. The summed E-state index contributed by atoms with van der Waals surface area (Å²) in [7, 11) is 0. The number of hydrogen-bond donors (Lipinski definition) is 1. The third kappa shape index (κ3) is 6.61. The van der Waals surface area contributed by atoms with Crippen LogP contribution in [0.25, 0.3) is 0 Å². The average molecular weight is 283 g/mol. The lowest BCUT2D eigenvalue weighted by atomic mass is 9.84. The molecule has 0 aromatic heterocycles. The molecule has 1 heteroatoms. The number of hydrogen-bond acceptors (Lipinski definition) is 1. The highest BCUT2D eigenvalue weighted by molar-refractivity contribution is 4.91. The highest BCUT2D eigenvalue weighted by Gasteiger charge is 2.38. The largest absolute Gasteiger partial charge is 0.390 e. The zero-order chi connectivity index (χ0) is 14.7. The summed E-state index contributed by atoms with van der Waals surface area (Å²) < 4.78 is 0. The van der Waals surface area contributed by atoms with E-state index in [9.17, 15) is 5.11 Å². The van der Waals surface area contributed by atoms with Crippen molar-refractivity contribution in [3.05, 3.63) is 0 Å². The minimum absolute atomic E-state index is 0.297. The molecule has 120 valence electrons. The molecule has 1 aliphatic rings. The summed E-state index contributed by atoms with van der Waals surface area (Å²) >= 11 is 0. The summed E-state index contributed by atoms with van der Waals surface area (Å²) in [6, 6.07) is 0. The van der Waals surface area contributed by atoms with Crippen molar-refractivity contribution in [1.29, 1.82) is 0 Å². The Morgan fingerprint density at radius 1 is 0.850 bits per heavy atom. The Bertz CT molecular complexity index is 226. The van der Waals surface area contributed by atoms with Crippen molar-refractivity contribution in [2.75, 3.05) is 0 Å². The van der Waals surface area contributed by atoms with Gasteiger partial charge in [0.1, 0.15) is 0 Å². The summed E-state index contributed by atoms with van der Waals surface area (Å²) in [6.07, 6.45) is 19.6. The maximum atomic E-state index is 10.7. The van der Waals surface area contributed by atoms with Crippen molar-refractivity contribution in [3.8, 4) is 0 Å². The van der Waals surface area contributed by atoms with Crippen LogP contribution in [0, 0.1) is 5.92 Å². The second kappa shape index (κ2) is 10.7. The minimum Gasteiger partial charge on any atom is -0.390 e. The van der Waals surface area contributed by atoms with Crippen molar-refractivity contribution in [2.24, 2.45) is 5.92 Å². The van der Waals surface area contributed by atoms with Crippen LogP contribution in [0.5, 0.6) is 0 Å². The monoisotopic (exact) mass is 282 g/mol. The van der Waals surface area contributed by atoms with Gasteiger partial charge in [0.2, 0.25) is 0 Å². The van der Waals surface area contributed by atoms with Crippen LogP contribution in [-0.2, 0) is 0 Å². The Hall–Kier alpha value is -0.0400. The Labute approximate surface area is 127 Å². The van der Waals surface area contributed by atoms with Gasteiger partial charge in [-0.1, -0.05) is 90.9 Å². The van der Waals surface area contributed by atoms with Crippen LogP contribution < -0.4 is 0 Å². The lowest BCUT2D eigenvalue weighted by Gasteiger charge is -2.29. The molecule has 1 fully saturated rings. The van der Waals surface area contributed by atoms with E-state index in [2.05, 4.69) is 13.8 Å². The van der Waals surface area contributed by atoms with E-state index in [0.717, 1.165) is 19.3 Å². The fourth-order valence-corrected chi connectivity index (χ4v) is 3.96. The highest BCUT2D eigenvalue weighted by atomic mass is 16.3. The van der Waals surface area contributed by atoms with E-state index >= 15 is 0 Å². The van der Waals surface area contributed by atoms with Gasteiger partial charge >= 0.3 is 0 Å². The van der Waals surface area contributed by atoms with Gasteiger partial charge in [-0.2, -0.15) is 0 Å². The third-order valence-electron chi connectivity index (χ3n) is 5.38. The standard InChI is InChI=1S/C19H38O/c1-3-5-6-7-8-9-10-11-12-13-16-19(20)17-14-15-18(19)4-2/h18,20H,3-17H2,1-2H3. The SMILES string of the molecule is CCCCCCCCCCCCC1(O)CCCC1CC. The summed E-state index contributed by atoms with van der Waals surface area (Å²) in [5.41, 5.74) is -0.297. The van der Waals surface area contributed by atoms with Crippen molar-refractivity contribution >= 4 is 0 Å². The molecule has 2 atom stereocenters. The van der Waals surface area contributed by atoms with Crippen LogP contribution in [0.2, 0.25) is 0 Å². The molecule has 0 bridgehead atoms. The van der Waals surface area contributed by atoms with E-state index in [1.165, 1.54) is 77.0 Å². The molecule has 0 aromatic rings. The Morgan fingerprint density at radius 3 is 1.95 bits per heavy atom. The van der Waals surface area contributed by atoms with Gasteiger partial charge in [-0.25, -0.2) is 0 Å². The van der Waals surface area contributed by atoms with Crippen LogP contribution in [-0.4, -0.2) is 10.7 Å². The lowest BCUT2D eigenvalue weighted by molar-refractivity contribution is -0.00905. The Balaban J connectivity index is 1.92. The quantitative estimate of drug-likeness (QED) is 0.420. The normalized spacial score (nSPS) is 26.2. The molecule has 0 radical (unpaired) electrons. The molecule has 1 aliphatic carbocycles. The molecule has 1 saturated carbocycles. The molecular weight excluding hydrogens is 244 g/mol. The van der Waals surface area contributed by atoms with Gasteiger partial charge in [0.15, 0.2) is 0 Å². The summed E-state index contributed by atoms with van der Waals surface area (Å²) in [4.78, 5) is 0. The molecular formula is C19H38O. The number of aliphatic hydroxyl groups is 1. The number of rotatable bonds is 12. The van der Waals surface area contributed by atoms with E-state index in [0.29, 0.717) is 5.92 Å². The van der Waals surface area contributed by atoms with E-state index in [1.54, 1.807) is 0 Å². The molecule has 1 nitrogen and oxygen atoms in total. The van der Waals surface area contributed by atoms with Crippen molar-refractivity contribution < 1.29 is 5.11 Å². The van der Waals surface area contributed by atoms with E-state index in [-0.39, 0.29) is 5.60 Å². The van der Waals surface area contributed by atoms with Crippen LogP contribution >= 0.6 is 0 Å². The molecule has 0 spiro atoms. The fourth-order valence-electron chi connectivity index (χ4n) is 3.96. The van der Waals surface area contributed by atoms with Gasteiger partial charge in [-0.05, 0) is 25.2 Å². The molecule has 1 N–H and O–H groups in total. The first-order chi connectivity index (χ1) is 9.73. The fraction of sp³-hybridized carbons (Fsp3) is 1.00. The summed E-state index contributed by atoms with van der Waals surface area (Å²) in [6.45, 7) is 4.51. The minimum atomic E-state index is -0.297. The van der Waals surface area contributed by atoms with E-state index in [1.807, 2.05) is 0 Å². The van der Waals surface area contributed by atoms with Gasteiger partial charge in [0.05, 0.1) is 5.60 Å². The van der Waals surface area contributed by atoms with Gasteiger partial charge in [0.25, 0.3) is 0 Å². The van der Waals surface area contributed by atoms with Crippen LogP contribution in [0.3, 0.4) is 0 Å². The van der Waals surface area contributed by atoms with Crippen LogP contribution in [0.1, 0.15) is 110 Å². The first-order valence-electron chi connectivity index (χ1n) is 9.45. The smallest absolute Gasteiger partial charge is 0.0675 e. The Kier molecular flexibility index (Phi) is 9.59. The third-order valence-corrected chi connectivity index (χ3v) is 5.38. The predicted octanol–water partition coefficient (Wildman–Crippen LogP) is 6.24. The lowest BCUT2D eigenvalue weighted by Crippen LogP contribution is -2.32. The molecule has 0 saturated heterocycles. The van der Waals surface area contributed by atoms with Crippen molar-refractivity contribution in [3.63, 3.8) is 0 Å². The topological polar surface area (TPSA) is 20.2 Å². The maximum Gasteiger partial charge on any atom is 0.0675 e. The van der Waals surface area contributed by atoms with E-state index in [4.69, 9.17) is 0 Å². The molecule has 1 rings (SSSR count). The van der Waals surface area contributed by atoms with Gasteiger partial charge < -0.3 is 5.11 Å². The molecule has 0 aliphatic heterocycles. The van der Waals surface area contributed by atoms with Gasteiger partial charge in [-0.15, -0.1) is 0 Å². The molecule has 0 aromatic carbocycles. The number of unbranched alkanes of at least 4 members (excludes halogenated alkanes) is 9. The van der Waals surface area contributed by atoms with Crippen LogP contribution in [0.15, 0.2) is 0 Å². The van der Waals surface area contributed by atoms with Crippen molar-refractivity contribution in [2.45, 2.75) is 116 Å². The van der Waals surface area contributed by atoms with Crippen molar-refractivity contribution in [1.82, 2.24) is 0 Å². The zero-order valence-corrected chi connectivity index (χ0v) is 14.1. The van der Waals surface area contributed by atoms with Gasteiger partial charge in [-0.3, -0.25) is 0 Å². The molecule has 0 amide bonds. The second-order valence-electron chi connectivity index (χ2n) is 7.03. The summed E-state index contributed by atoms with van der Waals surface area (Å²) in [5.74, 6) is 0.584. The average Bonchev–Trinajstić information content (AvgIpc) is 2.82. The second-order valence-corrected chi connectivity index (χ2v) is 7.03. The van der Waals surface area contributed by atoms with Crippen LogP contribution in [0.4, 0.5) is 0 Å². The predicted molar refractivity (Wildman–Crippen MR) is 89.0 cm³/mol. The highest BCUT2D eigenvalue weighted by Crippen LogP contribution is 2.41. The molecule has 0 heterocycles. The first-order valence-corrected chi connectivity index (χ1v) is 9.45. The van der Waals surface area contributed by atoms with Gasteiger partial charge in [0, 0.05) is 0 Å². The molecule has 20 heavy (non-hydrogen) atoms. The maximum absolute atomic E-state index is 10.7. The Morgan fingerprint density at radius 2 is 1.40 bits per heavy atom.